The van der Waals surface area contributed by atoms with E-state index in [1.807, 2.05) is 0 Å². The summed E-state index contributed by atoms with van der Waals surface area (Å²) in [6.07, 6.45) is 0.151. The highest BCUT2D eigenvalue weighted by molar-refractivity contribution is 9.11. The highest BCUT2D eigenvalue weighted by Crippen LogP contribution is 2.39. The number of phenolic OH excluding ortho intramolecular Hbond substituents is 1. The van der Waals surface area contributed by atoms with Crippen molar-refractivity contribution in [1.29, 1.82) is 0 Å². The number of aliphatic carboxylic acids is 1. The van der Waals surface area contributed by atoms with Crippen molar-refractivity contribution in [3.8, 4) is 5.75 Å². The van der Waals surface area contributed by atoms with Crippen LogP contribution in [0.25, 0.3) is 0 Å². The number of carboxylic acid groups (broad SMARTS) is 1. The summed E-state index contributed by atoms with van der Waals surface area (Å²) in [7, 11) is 1.40. The highest BCUT2D eigenvalue weighted by Gasteiger charge is 2.31. The number of halogens is 2. The molecule has 0 aliphatic heterocycles. The predicted molar refractivity (Wildman–Crippen MR) is 123 cm³/mol. The number of rotatable bonds is 9. The molecule has 2 atom stereocenters. The summed E-state index contributed by atoms with van der Waals surface area (Å²) in [6, 6.07) is 11.3. The number of carbonyl (C=O) groups is 3. The van der Waals surface area contributed by atoms with Crippen LogP contribution in [-0.2, 0) is 14.3 Å². The van der Waals surface area contributed by atoms with Gasteiger partial charge in [-0.3, -0.25) is 10.1 Å². The highest BCUT2D eigenvalue weighted by atomic mass is 79.9. The van der Waals surface area contributed by atoms with Crippen LogP contribution in [0.5, 0.6) is 5.75 Å². The first-order valence-corrected chi connectivity index (χ1v) is 11.0. The Morgan fingerprint density at radius 3 is 2.47 bits per heavy atom. The number of phenols is 1. The van der Waals surface area contributed by atoms with Crippen LogP contribution in [0.3, 0.4) is 0 Å². The van der Waals surface area contributed by atoms with Crippen molar-refractivity contribution < 1.29 is 34.1 Å². The van der Waals surface area contributed by atoms with Gasteiger partial charge in [0, 0.05) is 28.8 Å². The van der Waals surface area contributed by atoms with Gasteiger partial charge in [-0.15, -0.1) is 0 Å². The summed E-state index contributed by atoms with van der Waals surface area (Å²) >= 11 is 6.58. The minimum atomic E-state index is -1.10. The van der Waals surface area contributed by atoms with Crippen LogP contribution in [0.1, 0.15) is 34.9 Å². The number of allylic oxidation sites excluding steroid dienone is 1. The van der Waals surface area contributed by atoms with Gasteiger partial charge in [-0.25, -0.2) is 9.59 Å². The van der Waals surface area contributed by atoms with E-state index in [0.717, 1.165) is 6.08 Å². The van der Waals surface area contributed by atoms with Gasteiger partial charge in [0.1, 0.15) is 5.75 Å². The van der Waals surface area contributed by atoms with Crippen LogP contribution in [0.2, 0.25) is 0 Å². The van der Waals surface area contributed by atoms with Crippen molar-refractivity contribution in [3.05, 3.63) is 74.7 Å². The van der Waals surface area contributed by atoms with Gasteiger partial charge in [-0.1, -0.05) is 40.2 Å². The second-order valence-corrected chi connectivity index (χ2v) is 8.33. The van der Waals surface area contributed by atoms with Crippen LogP contribution < -0.4 is 5.32 Å². The molecule has 0 aromatic heterocycles. The lowest BCUT2D eigenvalue weighted by molar-refractivity contribution is -0.131. The Hall–Kier alpha value is -2.69. The molecule has 0 aliphatic rings. The van der Waals surface area contributed by atoms with Crippen molar-refractivity contribution in [2.45, 2.75) is 25.0 Å². The number of alkyl carbamates (subject to hydrolysis) is 1. The molecule has 0 heterocycles. The Labute approximate surface area is 201 Å². The fraction of sp³-hybridized carbons (Fsp3) is 0.227. The minimum absolute atomic E-state index is 0.163. The molecule has 2 rings (SSSR count). The normalized spacial score (nSPS) is 12.8. The maximum Gasteiger partial charge on any atom is 0.414 e. The molecule has 0 aliphatic carbocycles. The fourth-order valence-electron chi connectivity index (χ4n) is 2.88. The van der Waals surface area contributed by atoms with Crippen LogP contribution in [-0.4, -0.2) is 41.4 Å². The zero-order valence-electron chi connectivity index (χ0n) is 17.0. The molecule has 0 radical (unpaired) electrons. The molecule has 2 aromatic rings. The Bertz CT molecular complexity index is 995. The summed E-state index contributed by atoms with van der Waals surface area (Å²) in [5.74, 6) is -1.89. The summed E-state index contributed by atoms with van der Waals surface area (Å²) in [6.45, 7) is 0. The van der Waals surface area contributed by atoms with Crippen LogP contribution in [0, 0.1) is 0 Å². The Balaban J connectivity index is 2.28. The molecule has 0 unspecified atom stereocenters. The topological polar surface area (TPSA) is 122 Å². The van der Waals surface area contributed by atoms with Gasteiger partial charge in [0.25, 0.3) is 5.91 Å². The lowest BCUT2D eigenvalue weighted by Gasteiger charge is -2.27. The standard InChI is InChI=1S/C22H21Br2NO7/c1-31-17(9-5-6-10-18(26)27)20(15-11-14(23)12-16(24)19(15)28)32-22(30)25-21(29)13-7-3-2-4-8-13/h2-4,6-8,10-12,17,20,28H,5,9H2,1H3,(H,26,27)(H,25,29,30)/b10-6+/t17-,20-/m1/s1. The number of benzene rings is 2. The second kappa shape index (κ2) is 12.4. The molecule has 170 valence electrons. The molecule has 2 aromatic carbocycles. The molecular formula is C22H21Br2NO7. The maximum atomic E-state index is 12.5. The molecule has 32 heavy (non-hydrogen) atoms. The third-order valence-corrected chi connectivity index (χ3v) is 5.43. The van der Waals surface area contributed by atoms with Crippen molar-refractivity contribution in [3.63, 3.8) is 0 Å². The van der Waals surface area contributed by atoms with Gasteiger partial charge in [0.15, 0.2) is 6.10 Å². The van der Waals surface area contributed by atoms with E-state index < -0.39 is 30.2 Å². The first kappa shape index (κ1) is 25.6. The van der Waals surface area contributed by atoms with E-state index in [4.69, 9.17) is 14.6 Å². The van der Waals surface area contributed by atoms with E-state index in [2.05, 4.69) is 37.2 Å². The van der Waals surface area contributed by atoms with E-state index >= 15 is 0 Å². The third-order valence-electron chi connectivity index (χ3n) is 4.37. The summed E-state index contributed by atoms with van der Waals surface area (Å²) in [5.41, 5.74) is 0.513. The Kier molecular flexibility index (Phi) is 9.89. The number of carbonyl (C=O) groups excluding carboxylic acids is 2. The SMILES string of the molecule is CO[C@H](CC/C=C/C(=O)O)[C@H](OC(=O)NC(=O)c1ccccc1)c1cc(Br)cc(Br)c1O. The molecule has 0 saturated carbocycles. The number of nitrogens with one attached hydrogen (secondary N) is 1. The molecule has 0 saturated heterocycles. The van der Waals surface area contributed by atoms with Gasteiger partial charge in [-0.05, 0) is 53.0 Å². The van der Waals surface area contributed by atoms with Gasteiger partial charge in [-0.2, -0.15) is 0 Å². The minimum Gasteiger partial charge on any atom is -0.506 e. The average Bonchev–Trinajstić information content (AvgIpc) is 2.75. The van der Waals surface area contributed by atoms with Crippen molar-refractivity contribution in [1.82, 2.24) is 5.32 Å². The number of methoxy groups -OCH3 is 1. The average molecular weight is 571 g/mol. The number of aromatic hydroxyl groups is 1. The summed E-state index contributed by atoms with van der Waals surface area (Å²) < 4.78 is 12.0. The molecular weight excluding hydrogens is 550 g/mol. The number of carboxylic acids is 1. The molecule has 0 spiro atoms. The fourth-order valence-corrected chi connectivity index (χ4v) is 4.14. The third kappa shape index (κ3) is 7.47. The van der Waals surface area contributed by atoms with Gasteiger partial charge < -0.3 is 19.7 Å². The van der Waals surface area contributed by atoms with Crippen LogP contribution in [0.15, 0.2) is 63.6 Å². The molecule has 3 N–H and O–H groups in total. The molecule has 10 heteroatoms. The van der Waals surface area contributed by atoms with Crippen molar-refractivity contribution >= 4 is 49.8 Å². The summed E-state index contributed by atoms with van der Waals surface area (Å²) in [5, 5.41) is 21.5. The second-order valence-electron chi connectivity index (χ2n) is 6.56. The van der Waals surface area contributed by atoms with E-state index in [1.165, 1.54) is 13.2 Å². The van der Waals surface area contributed by atoms with E-state index in [0.29, 0.717) is 15.4 Å². The monoisotopic (exact) mass is 569 g/mol. The number of ether oxygens (including phenoxy) is 2. The maximum absolute atomic E-state index is 12.5. The quantitative estimate of drug-likeness (QED) is 0.364. The molecule has 2 amide bonds. The van der Waals surface area contributed by atoms with E-state index in [1.54, 1.807) is 42.5 Å². The Morgan fingerprint density at radius 2 is 1.84 bits per heavy atom. The van der Waals surface area contributed by atoms with E-state index in [9.17, 15) is 19.5 Å². The smallest absolute Gasteiger partial charge is 0.414 e. The van der Waals surface area contributed by atoms with Gasteiger partial charge in [0.05, 0.1) is 10.6 Å². The number of hydrogen-bond acceptors (Lipinski definition) is 6. The zero-order valence-corrected chi connectivity index (χ0v) is 20.1. The summed E-state index contributed by atoms with van der Waals surface area (Å²) in [4.78, 5) is 35.5. The zero-order chi connectivity index (χ0) is 23.7. The molecule has 0 bridgehead atoms. The number of hydrogen-bond donors (Lipinski definition) is 3. The van der Waals surface area contributed by atoms with Gasteiger partial charge >= 0.3 is 12.1 Å². The molecule has 8 nitrogen and oxygen atoms in total. The van der Waals surface area contributed by atoms with E-state index in [-0.39, 0.29) is 23.3 Å². The first-order chi connectivity index (χ1) is 15.2. The predicted octanol–water partition coefficient (Wildman–Crippen LogP) is 4.96. The number of amides is 2. The van der Waals surface area contributed by atoms with Gasteiger partial charge in [0.2, 0.25) is 0 Å². The van der Waals surface area contributed by atoms with Crippen LogP contribution in [0.4, 0.5) is 4.79 Å². The molecule has 0 fully saturated rings. The largest absolute Gasteiger partial charge is 0.506 e. The van der Waals surface area contributed by atoms with Crippen molar-refractivity contribution in [2.24, 2.45) is 0 Å². The first-order valence-electron chi connectivity index (χ1n) is 9.40. The van der Waals surface area contributed by atoms with Crippen LogP contribution >= 0.6 is 31.9 Å². The lowest BCUT2D eigenvalue weighted by Crippen LogP contribution is -2.35. The lowest BCUT2D eigenvalue weighted by atomic mass is 9.99. The Morgan fingerprint density at radius 1 is 1.16 bits per heavy atom. The number of imide groups is 1. The van der Waals surface area contributed by atoms with Crippen molar-refractivity contribution in [2.75, 3.05) is 7.11 Å².